The Morgan fingerprint density at radius 2 is 1.74 bits per heavy atom. The molecule has 0 spiro atoms. The summed E-state index contributed by atoms with van der Waals surface area (Å²) in [5, 5.41) is 0. The number of benzene rings is 2. The number of rotatable bonds is 7. The summed E-state index contributed by atoms with van der Waals surface area (Å²) in [4.78, 5) is 40.6. The van der Waals surface area contributed by atoms with E-state index in [0.29, 0.717) is 12.1 Å². The van der Waals surface area contributed by atoms with Crippen LogP contribution in [-0.2, 0) is 16.1 Å². The van der Waals surface area contributed by atoms with Crippen LogP contribution in [0.1, 0.15) is 48.6 Å². The summed E-state index contributed by atoms with van der Waals surface area (Å²) in [6.45, 7) is 6.84. The maximum absolute atomic E-state index is 12.8. The number of carbonyl (C=O) groups is 3. The molecule has 2 aromatic rings. The summed E-state index contributed by atoms with van der Waals surface area (Å²) >= 11 is 0. The molecular formula is C24H27N2O5+. The van der Waals surface area contributed by atoms with Gasteiger partial charge in [0.2, 0.25) is 0 Å². The zero-order valence-electron chi connectivity index (χ0n) is 17.7. The lowest BCUT2D eigenvalue weighted by atomic mass is 10.1. The lowest BCUT2D eigenvalue weighted by Crippen LogP contribution is -3.14. The van der Waals surface area contributed by atoms with Crippen LogP contribution in [0.5, 0.6) is 0 Å². The van der Waals surface area contributed by atoms with Crippen LogP contribution in [0, 0.1) is 6.92 Å². The number of fused-ring (bicyclic) bond motifs is 1. The lowest BCUT2D eigenvalue weighted by Gasteiger charge is -2.24. The molecule has 0 saturated carbocycles. The quantitative estimate of drug-likeness (QED) is 0.536. The Hall–Kier alpha value is -3.03. The van der Waals surface area contributed by atoms with Gasteiger partial charge in [0.15, 0.2) is 0 Å². The van der Waals surface area contributed by atoms with Crippen LogP contribution in [0.2, 0.25) is 0 Å². The van der Waals surface area contributed by atoms with E-state index in [-0.39, 0.29) is 29.5 Å². The Bertz CT molecular complexity index is 980. The van der Waals surface area contributed by atoms with Gasteiger partial charge < -0.3 is 14.4 Å². The zero-order valence-corrected chi connectivity index (χ0v) is 17.7. The van der Waals surface area contributed by atoms with Gasteiger partial charge in [-0.3, -0.25) is 14.5 Å². The van der Waals surface area contributed by atoms with E-state index in [1.54, 1.807) is 12.1 Å². The molecule has 0 atom stereocenters. The van der Waals surface area contributed by atoms with Gasteiger partial charge in [-0.05, 0) is 30.7 Å². The van der Waals surface area contributed by atoms with E-state index in [1.165, 1.54) is 15.9 Å². The minimum absolute atomic E-state index is 0.152. The van der Waals surface area contributed by atoms with Crippen molar-refractivity contribution in [2.24, 2.45) is 0 Å². The molecule has 2 aliphatic heterocycles. The lowest BCUT2D eigenvalue weighted by molar-refractivity contribution is -0.908. The molecular weight excluding hydrogens is 396 g/mol. The molecule has 2 heterocycles. The fraction of sp³-hybridized carbons (Fsp3) is 0.375. The van der Waals surface area contributed by atoms with Gasteiger partial charge in [-0.1, -0.05) is 29.8 Å². The average Bonchev–Trinajstić information content (AvgIpc) is 3.03. The number of quaternary nitrogens is 1. The standard InChI is InChI=1S/C24H26N2O5/c1-17-3-5-18(6-4-17)16-31-24(29)19-7-8-20-21(15-19)23(28)26(22(20)27)10-2-9-25-11-13-30-14-12-25/h3-8,15H,2,9-14,16H2,1H3/p+1. The summed E-state index contributed by atoms with van der Waals surface area (Å²) < 4.78 is 10.7. The van der Waals surface area contributed by atoms with Gasteiger partial charge in [-0.15, -0.1) is 0 Å². The van der Waals surface area contributed by atoms with E-state index >= 15 is 0 Å². The van der Waals surface area contributed by atoms with E-state index in [4.69, 9.17) is 9.47 Å². The molecule has 1 fully saturated rings. The number of nitrogens with one attached hydrogen (secondary N) is 1. The van der Waals surface area contributed by atoms with Crippen molar-refractivity contribution in [2.75, 3.05) is 39.4 Å². The Morgan fingerprint density at radius 3 is 2.48 bits per heavy atom. The van der Waals surface area contributed by atoms with E-state index in [1.807, 2.05) is 31.2 Å². The number of amides is 2. The Kier molecular flexibility index (Phi) is 6.44. The van der Waals surface area contributed by atoms with Gasteiger partial charge in [0, 0.05) is 13.0 Å². The highest BCUT2D eigenvalue weighted by Crippen LogP contribution is 2.24. The second-order valence-electron chi connectivity index (χ2n) is 8.05. The van der Waals surface area contributed by atoms with E-state index < -0.39 is 5.97 Å². The summed E-state index contributed by atoms with van der Waals surface area (Å²) in [5.74, 6) is -1.15. The molecule has 0 unspecified atom stereocenters. The molecule has 7 nitrogen and oxygen atoms in total. The zero-order chi connectivity index (χ0) is 21.8. The first-order valence-corrected chi connectivity index (χ1v) is 10.7. The SMILES string of the molecule is Cc1ccc(COC(=O)c2ccc3c(c2)C(=O)N(CCC[NH+]2CCOCC2)C3=O)cc1. The van der Waals surface area contributed by atoms with Gasteiger partial charge in [0.1, 0.15) is 19.7 Å². The monoisotopic (exact) mass is 423 g/mol. The first-order chi connectivity index (χ1) is 15.0. The molecule has 31 heavy (non-hydrogen) atoms. The number of imide groups is 1. The van der Waals surface area contributed by atoms with Crippen molar-refractivity contribution in [1.29, 1.82) is 0 Å². The Labute approximate surface area is 181 Å². The molecule has 0 aliphatic carbocycles. The molecule has 2 aliphatic rings. The van der Waals surface area contributed by atoms with E-state index in [2.05, 4.69) is 0 Å². The van der Waals surface area contributed by atoms with Crippen LogP contribution in [0.15, 0.2) is 42.5 Å². The van der Waals surface area contributed by atoms with Crippen LogP contribution in [0.4, 0.5) is 0 Å². The molecule has 0 radical (unpaired) electrons. The first kappa shape index (κ1) is 21.2. The highest BCUT2D eigenvalue weighted by Gasteiger charge is 2.36. The molecule has 7 heteroatoms. The third kappa shape index (κ3) is 4.84. The van der Waals surface area contributed by atoms with Crippen LogP contribution >= 0.6 is 0 Å². The van der Waals surface area contributed by atoms with Crippen molar-refractivity contribution in [3.63, 3.8) is 0 Å². The third-order valence-electron chi connectivity index (χ3n) is 5.81. The third-order valence-corrected chi connectivity index (χ3v) is 5.81. The molecule has 2 amide bonds. The maximum Gasteiger partial charge on any atom is 0.338 e. The van der Waals surface area contributed by atoms with Crippen molar-refractivity contribution >= 4 is 17.8 Å². The number of aryl methyl sites for hydroxylation is 1. The maximum atomic E-state index is 12.8. The summed E-state index contributed by atoms with van der Waals surface area (Å²) in [5.41, 5.74) is 2.91. The van der Waals surface area contributed by atoms with Gasteiger partial charge in [-0.2, -0.15) is 0 Å². The summed E-state index contributed by atoms with van der Waals surface area (Å²) in [6.07, 6.45) is 0.742. The molecule has 0 aromatic heterocycles. The Morgan fingerprint density at radius 1 is 1.03 bits per heavy atom. The van der Waals surface area contributed by atoms with Crippen molar-refractivity contribution in [3.8, 4) is 0 Å². The number of hydrogen-bond acceptors (Lipinski definition) is 5. The predicted molar refractivity (Wildman–Crippen MR) is 113 cm³/mol. The topological polar surface area (TPSA) is 77.3 Å². The van der Waals surface area contributed by atoms with Crippen LogP contribution in [0.3, 0.4) is 0 Å². The number of hydrogen-bond donors (Lipinski definition) is 1. The minimum Gasteiger partial charge on any atom is -0.457 e. The van der Waals surface area contributed by atoms with Crippen molar-refractivity contribution < 1.29 is 28.8 Å². The summed E-state index contributed by atoms with van der Waals surface area (Å²) in [7, 11) is 0. The number of carbonyl (C=O) groups excluding carboxylic acids is 3. The van der Waals surface area contributed by atoms with E-state index in [9.17, 15) is 14.4 Å². The van der Waals surface area contributed by atoms with Crippen LogP contribution in [-0.4, -0.2) is 62.1 Å². The molecule has 0 bridgehead atoms. The van der Waals surface area contributed by atoms with Crippen LogP contribution in [0.25, 0.3) is 0 Å². The molecule has 1 saturated heterocycles. The fourth-order valence-corrected chi connectivity index (χ4v) is 3.93. The van der Waals surface area contributed by atoms with Crippen molar-refractivity contribution in [2.45, 2.75) is 20.0 Å². The highest BCUT2D eigenvalue weighted by molar-refractivity contribution is 6.21. The second-order valence-corrected chi connectivity index (χ2v) is 8.05. The average molecular weight is 423 g/mol. The largest absolute Gasteiger partial charge is 0.457 e. The minimum atomic E-state index is -0.516. The fourth-order valence-electron chi connectivity index (χ4n) is 3.93. The number of ether oxygens (including phenoxy) is 2. The smallest absolute Gasteiger partial charge is 0.338 e. The molecule has 4 rings (SSSR count). The van der Waals surface area contributed by atoms with Crippen molar-refractivity contribution in [1.82, 2.24) is 4.90 Å². The number of esters is 1. The summed E-state index contributed by atoms with van der Waals surface area (Å²) in [6, 6.07) is 12.3. The number of nitrogens with zero attached hydrogens (tertiary/aromatic N) is 1. The molecule has 162 valence electrons. The Balaban J connectivity index is 1.36. The highest BCUT2D eigenvalue weighted by atomic mass is 16.5. The van der Waals surface area contributed by atoms with Crippen molar-refractivity contribution in [3.05, 3.63) is 70.3 Å². The van der Waals surface area contributed by atoms with Gasteiger partial charge in [0.05, 0.1) is 36.4 Å². The van der Waals surface area contributed by atoms with Gasteiger partial charge >= 0.3 is 5.97 Å². The molecule has 2 aromatic carbocycles. The second kappa shape index (κ2) is 9.41. The molecule has 1 N–H and O–H groups in total. The number of morpholine rings is 1. The normalized spacial score (nSPS) is 16.5. The van der Waals surface area contributed by atoms with E-state index in [0.717, 1.165) is 50.4 Å². The van der Waals surface area contributed by atoms with Gasteiger partial charge in [-0.25, -0.2) is 4.79 Å². The predicted octanol–water partition coefficient (Wildman–Crippen LogP) is 1.25. The van der Waals surface area contributed by atoms with Gasteiger partial charge in [0.25, 0.3) is 11.8 Å². The first-order valence-electron chi connectivity index (χ1n) is 10.7. The van der Waals surface area contributed by atoms with Crippen LogP contribution < -0.4 is 4.90 Å².